The van der Waals surface area contributed by atoms with Crippen LogP contribution in [0.4, 0.5) is 0 Å². The monoisotopic (exact) mass is 222 g/mol. The molecule has 76 valence electrons. The lowest BCUT2D eigenvalue weighted by Crippen LogP contribution is -2.28. The molecule has 0 unspecified atom stereocenters. The Morgan fingerprint density at radius 3 is 2.60 bits per heavy atom. The van der Waals surface area contributed by atoms with Gasteiger partial charge in [-0.3, -0.25) is 9.59 Å². The summed E-state index contributed by atoms with van der Waals surface area (Å²) in [5.74, 6) is 0. The third-order valence-electron chi connectivity index (χ3n) is 1.94. The lowest BCUT2D eigenvalue weighted by Gasteiger charge is -2.00. The van der Waals surface area contributed by atoms with E-state index in [4.69, 9.17) is 11.6 Å². The molecule has 0 amide bonds. The summed E-state index contributed by atoms with van der Waals surface area (Å²) in [6, 6.07) is 6.98. The first-order valence-corrected chi connectivity index (χ1v) is 4.62. The summed E-state index contributed by atoms with van der Waals surface area (Å²) < 4.78 is 0. The van der Waals surface area contributed by atoms with Crippen LogP contribution in [0.15, 0.2) is 40.1 Å². The number of rotatable bonds is 1. The summed E-state index contributed by atoms with van der Waals surface area (Å²) in [5, 5.41) is 0.569. The molecule has 15 heavy (non-hydrogen) atoms. The molecule has 0 aliphatic heterocycles. The normalized spacial score (nSPS) is 10.2. The van der Waals surface area contributed by atoms with Crippen LogP contribution in [0.1, 0.15) is 0 Å². The van der Waals surface area contributed by atoms with Crippen molar-refractivity contribution in [3.8, 4) is 11.3 Å². The predicted molar refractivity (Wildman–Crippen MR) is 58.1 cm³/mol. The maximum absolute atomic E-state index is 11.1. The van der Waals surface area contributed by atoms with Gasteiger partial charge in [-0.2, -0.15) is 0 Å². The van der Waals surface area contributed by atoms with Gasteiger partial charge in [0.15, 0.2) is 0 Å². The summed E-state index contributed by atoms with van der Waals surface area (Å²) >= 11 is 5.80. The molecule has 2 aromatic rings. The Hall–Kier alpha value is -1.81. The van der Waals surface area contributed by atoms with E-state index < -0.39 is 11.1 Å². The van der Waals surface area contributed by atoms with Crippen molar-refractivity contribution < 1.29 is 0 Å². The Morgan fingerprint density at radius 1 is 1.13 bits per heavy atom. The average Bonchev–Trinajstić information content (AvgIpc) is 2.22. The van der Waals surface area contributed by atoms with E-state index in [9.17, 15) is 9.59 Å². The number of aromatic nitrogens is 2. The smallest absolute Gasteiger partial charge is 0.314 e. The van der Waals surface area contributed by atoms with Gasteiger partial charge >= 0.3 is 11.1 Å². The van der Waals surface area contributed by atoms with Gasteiger partial charge in [0.2, 0.25) is 0 Å². The van der Waals surface area contributed by atoms with Crippen molar-refractivity contribution >= 4 is 11.6 Å². The number of H-pyrrole nitrogens is 2. The van der Waals surface area contributed by atoms with Gasteiger partial charge in [0.1, 0.15) is 0 Å². The van der Waals surface area contributed by atoms with Crippen LogP contribution in [-0.2, 0) is 0 Å². The van der Waals surface area contributed by atoms with E-state index in [1.165, 1.54) is 6.20 Å². The van der Waals surface area contributed by atoms with Gasteiger partial charge in [-0.15, -0.1) is 0 Å². The summed E-state index contributed by atoms with van der Waals surface area (Å²) in [6.07, 6.45) is 1.44. The second-order valence-corrected chi connectivity index (χ2v) is 3.43. The molecule has 5 heteroatoms. The molecule has 0 aliphatic rings. The zero-order valence-corrected chi connectivity index (χ0v) is 8.34. The molecule has 0 bridgehead atoms. The molecule has 0 saturated heterocycles. The van der Waals surface area contributed by atoms with Crippen molar-refractivity contribution in [1.29, 1.82) is 0 Å². The Bertz CT molecular complexity index is 601. The number of halogens is 1. The van der Waals surface area contributed by atoms with Crippen molar-refractivity contribution in [2.75, 3.05) is 0 Å². The molecule has 1 aromatic heterocycles. The van der Waals surface area contributed by atoms with Crippen LogP contribution in [-0.4, -0.2) is 9.97 Å². The Kier molecular flexibility index (Phi) is 2.43. The first-order valence-electron chi connectivity index (χ1n) is 4.25. The van der Waals surface area contributed by atoms with Gasteiger partial charge in [-0.05, 0) is 12.1 Å². The minimum Gasteiger partial charge on any atom is -0.322 e. The van der Waals surface area contributed by atoms with Gasteiger partial charge in [-0.25, -0.2) is 0 Å². The topological polar surface area (TPSA) is 65.7 Å². The number of nitrogens with one attached hydrogen (secondary N) is 2. The van der Waals surface area contributed by atoms with E-state index in [-0.39, 0.29) is 0 Å². The summed E-state index contributed by atoms with van der Waals surface area (Å²) in [6.45, 7) is 0. The standard InChI is InChI=1S/C10H7ClN2O2/c11-7-3-1-2-6(4-7)8-5-12-9(14)10(15)13-8/h1-5H,(H,12,14)(H,13,15). The van der Waals surface area contributed by atoms with Crippen LogP contribution in [0.25, 0.3) is 11.3 Å². The first-order chi connectivity index (χ1) is 7.16. The fraction of sp³-hybridized carbons (Fsp3) is 0. The zero-order valence-electron chi connectivity index (χ0n) is 7.58. The molecule has 0 fully saturated rings. The fourth-order valence-corrected chi connectivity index (χ4v) is 1.42. The van der Waals surface area contributed by atoms with Crippen LogP contribution in [0, 0.1) is 0 Å². The highest BCUT2D eigenvalue weighted by molar-refractivity contribution is 6.30. The van der Waals surface area contributed by atoms with E-state index in [1.807, 2.05) is 0 Å². The third kappa shape index (κ3) is 1.99. The maximum Gasteiger partial charge on any atom is 0.314 e. The second-order valence-electron chi connectivity index (χ2n) is 3.00. The minimum atomic E-state index is -0.674. The first kappa shape index (κ1) is 9.73. The van der Waals surface area contributed by atoms with E-state index in [0.717, 1.165) is 5.56 Å². The van der Waals surface area contributed by atoms with Gasteiger partial charge in [-0.1, -0.05) is 23.7 Å². The number of hydrogen-bond donors (Lipinski definition) is 2. The van der Waals surface area contributed by atoms with Gasteiger partial charge in [0.25, 0.3) is 0 Å². The zero-order chi connectivity index (χ0) is 10.8. The molecular weight excluding hydrogens is 216 g/mol. The molecule has 1 aromatic carbocycles. The Balaban J connectivity index is 2.60. The van der Waals surface area contributed by atoms with Gasteiger partial charge < -0.3 is 9.97 Å². The molecule has 0 radical (unpaired) electrons. The molecule has 0 atom stereocenters. The van der Waals surface area contributed by atoms with Crippen molar-refractivity contribution in [3.63, 3.8) is 0 Å². The Labute approximate surface area is 89.6 Å². The average molecular weight is 223 g/mol. The van der Waals surface area contributed by atoms with Crippen LogP contribution in [0.2, 0.25) is 5.02 Å². The van der Waals surface area contributed by atoms with E-state index in [1.54, 1.807) is 24.3 Å². The SMILES string of the molecule is O=c1[nH]cc(-c2cccc(Cl)c2)[nH]c1=O. The number of benzene rings is 1. The molecule has 0 saturated carbocycles. The maximum atomic E-state index is 11.1. The molecule has 2 rings (SSSR count). The van der Waals surface area contributed by atoms with E-state index >= 15 is 0 Å². The van der Waals surface area contributed by atoms with Crippen molar-refractivity contribution in [2.45, 2.75) is 0 Å². The lowest BCUT2D eigenvalue weighted by atomic mass is 10.2. The predicted octanol–water partition coefficient (Wildman–Crippen LogP) is 1.38. The second kappa shape index (κ2) is 3.74. The largest absolute Gasteiger partial charge is 0.322 e. The van der Waals surface area contributed by atoms with E-state index in [0.29, 0.717) is 10.7 Å². The molecule has 0 spiro atoms. The third-order valence-corrected chi connectivity index (χ3v) is 2.17. The number of hydrogen-bond acceptors (Lipinski definition) is 2. The van der Waals surface area contributed by atoms with Crippen LogP contribution < -0.4 is 11.1 Å². The fourth-order valence-electron chi connectivity index (χ4n) is 1.23. The van der Waals surface area contributed by atoms with Crippen molar-refractivity contribution in [3.05, 3.63) is 56.2 Å². The molecule has 0 aliphatic carbocycles. The highest BCUT2D eigenvalue weighted by Gasteiger charge is 2.00. The van der Waals surface area contributed by atoms with Crippen molar-refractivity contribution in [1.82, 2.24) is 9.97 Å². The molecular formula is C10H7ClN2O2. The highest BCUT2D eigenvalue weighted by atomic mass is 35.5. The quantitative estimate of drug-likeness (QED) is 0.716. The number of aromatic amines is 2. The summed E-state index contributed by atoms with van der Waals surface area (Å²) in [5.41, 5.74) is -0.0637. The summed E-state index contributed by atoms with van der Waals surface area (Å²) in [4.78, 5) is 26.7. The van der Waals surface area contributed by atoms with Crippen LogP contribution >= 0.6 is 11.6 Å². The van der Waals surface area contributed by atoms with Gasteiger partial charge in [0, 0.05) is 16.8 Å². The Morgan fingerprint density at radius 2 is 1.93 bits per heavy atom. The molecule has 1 heterocycles. The van der Waals surface area contributed by atoms with Crippen LogP contribution in [0.5, 0.6) is 0 Å². The summed E-state index contributed by atoms with van der Waals surface area (Å²) in [7, 11) is 0. The molecule has 2 N–H and O–H groups in total. The van der Waals surface area contributed by atoms with Crippen molar-refractivity contribution in [2.24, 2.45) is 0 Å². The van der Waals surface area contributed by atoms with Crippen LogP contribution in [0.3, 0.4) is 0 Å². The lowest BCUT2D eigenvalue weighted by molar-refractivity contribution is 1.08. The highest BCUT2D eigenvalue weighted by Crippen LogP contribution is 2.18. The van der Waals surface area contributed by atoms with Gasteiger partial charge in [0.05, 0.1) is 5.69 Å². The molecule has 4 nitrogen and oxygen atoms in total. The van der Waals surface area contributed by atoms with E-state index in [2.05, 4.69) is 9.97 Å². The minimum absolute atomic E-state index is 0.530.